The molecule has 2 atom stereocenters. The van der Waals surface area contributed by atoms with Crippen LogP contribution in [0, 0.1) is 5.92 Å². The van der Waals surface area contributed by atoms with Gasteiger partial charge in [-0.05, 0) is 23.6 Å². The average Bonchev–Trinajstić information content (AvgIpc) is 2.79. The summed E-state index contributed by atoms with van der Waals surface area (Å²) in [4.78, 5) is 24.9. The number of carboxylic acid groups (broad SMARTS) is 1. The third-order valence-corrected chi connectivity index (χ3v) is 4.63. The molecular weight excluding hydrogens is 346 g/mol. The first-order valence-corrected chi connectivity index (χ1v) is 7.84. The smallest absolute Gasteiger partial charge is 0.326 e. The molecule has 0 radical (unpaired) electrons. The highest BCUT2D eigenvalue weighted by atomic mass is 79.9. The van der Waals surface area contributed by atoms with Crippen LogP contribution in [-0.2, 0) is 16.0 Å². The molecule has 4 nitrogen and oxygen atoms in total. The van der Waals surface area contributed by atoms with E-state index in [-0.39, 0.29) is 11.8 Å². The number of rotatable bonds is 5. The lowest BCUT2D eigenvalue weighted by Crippen LogP contribution is -2.43. The van der Waals surface area contributed by atoms with Crippen molar-refractivity contribution in [1.82, 2.24) is 4.90 Å². The maximum Gasteiger partial charge on any atom is 0.326 e. The van der Waals surface area contributed by atoms with Crippen LogP contribution < -0.4 is 0 Å². The number of carboxylic acids is 1. The summed E-state index contributed by atoms with van der Waals surface area (Å²) >= 11 is 9.16. The number of halogens is 2. The van der Waals surface area contributed by atoms with E-state index in [1.165, 1.54) is 4.90 Å². The molecule has 0 aromatic heterocycles. The lowest BCUT2D eigenvalue weighted by atomic mass is 10.0. The quantitative estimate of drug-likeness (QED) is 0.821. The van der Waals surface area contributed by atoms with Crippen molar-refractivity contribution in [1.29, 1.82) is 0 Å². The number of aliphatic carboxylic acids is 1. The third kappa shape index (κ3) is 3.52. The Kier molecular flexibility index (Phi) is 5.05. The third-order valence-electron chi connectivity index (χ3n) is 3.46. The van der Waals surface area contributed by atoms with Crippen LogP contribution >= 0.6 is 27.5 Å². The summed E-state index contributed by atoms with van der Waals surface area (Å²) in [6.45, 7) is 0.495. The van der Waals surface area contributed by atoms with Crippen molar-refractivity contribution in [2.75, 3.05) is 11.9 Å². The molecule has 0 aliphatic carbocycles. The highest BCUT2D eigenvalue weighted by Gasteiger charge is 2.37. The molecule has 1 unspecified atom stereocenters. The summed E-state index contributed by atoms with van der Waals surface area (Å²) in [5.41, 5.74) is 0.858. The number of carbonyl (C=O) groups is 2. The fourth-order valence-corrected chi connectivity index (χ4v) is 2.95. The van der Waals surface area contributed by atoms with E-state index >= 15 is 0 Å². The van der Waals surface area contributed by atoms with Crippen LogP contribution in [0.1, 0.15) is 12.0 Å². The zero-order valence-corrected chi connectivity index (χ0v) is 13.1. The molecule has 0 saturated carbocycles. The first-order chi connectivity index (χ1) is 9.51. The number of hydrogen-bond acceptors (Lipinski definition) is 2. The van der Waals surface area contributed by atoms with Crippen LogP contribution in [0.15, 0.2) is 24.3 Å². The monoisotopic (exact) mass is 359 g/mol. The summed E-state index contributed by atoms with van der Waals surface area (Å²) in [7, 11) is 0. The van der Waals surface area contributed by atoms with Gasteiger partial charge in [0.1, 0.15) is 6.04 Å². The van der Waals surface area contributed by atoms with Crippen LogP contribution in [0.25, 0.3) is 0 Å². The first kappa shape index (κ1) is 15.3. The molecule has 1 heterocycles. The number of carbonyl (C=O) groups excluding carboxylic acids is 1. The number of hydrogen-bond donors (Lipinski definition) is 1. The Morgan fingerprint density at radius 1 is 1.45 bits per heavy atom. The standard InChI is InChI=1S/C14H15BrClNO3/c15-7-10-6-13(18)17(8-10)12(14(19)20)5-9-1-3-11(16)4-2-9/h1-4,10,12H,5-8H2,(H,19,20)/t10?,12-/m0/s1. The SMILES string of the molecule is O=C(O)[C@H](Cc1ccc(Cl)cc1)N1CC(CBr)CC1=O. The van der Waals surface area contributed by atoms with Crippen LogP contribution in [0.4, 0.5) is 0 Å². The molecule has 6 heteroatoms. The zero-order chi connectivity index (χ0) is 14.7. The van der Waals surface area contributed by atoms with E-state index < -0.39 is 12.0 Å². The molecule has 1 N–H and O–H groups in total. The summed E-state index contributed by atoms with van der Waals surface area (Å²) < 4.78 is 0. The molecule has 1 saturated heterocycles. The number of alkyl halides is 1. The van der Waals surface area contributed by atoms with E-state index in [2.05, 4.69) is 15.9 Å². The minimum atomic E-state index is -0.969. The van der Waals surface area contributed by atoms with E-state index in [0.29, 0.717) is 29.7 Å². The molecule has 2 rings (SSSR count). The molecule has 20 heavy (non-hydrogen) atoms. The van der Waals surface area contributed by atoms with Crippen molar-refractivity contribution in [2.45, 2.75) is 18.9 Å². The van der Waals surface area contributed by atoms with Crippen molar-refractivity contribution < 1.29 is 14.7 Å². The second-order valence-electron chi connectivity index (χ2n) is 4.96. The van der Waals surface area contributed by atoms with Gasteiger partial charge in [0.25, 0.3) is 0 Å². The first-order valence-electron chi connectivity index (χ1n) is 6.34. The van der Waals surface area contributed by atoms with Gasteiger partial charge >= 0.3 is 5.97 Å². The van der Waals surface area contributed by atoms with Crippen LogP contribution in [0.2, 0.25) is 5.02 Å². The predicted octanol–water partition coefficient (Wildman–Crippen LogP) is 2.58. The Morgan fingerprint density at radius 3 is 2.60 bits per heavy atom. The topological polar surface area (TPSA) is 57.6 Å². The molecule has 0 bridgehead atoms. The molecule has 1 aromatic carbocycles. The summed E-state index contributed by atoms with van der Waals surface area (Å²) in [6.07, 6.45) is 0.711. The molecular formula is C14H15BrClNO3. The van der Waals surface area contributed by atoms with Crippen LogP contribution in [0.3, 0.4) is 0 Å². The molecule has 0 spiro atoms. The molecule has 1 amide bonds. The lowest BCUT2D eigenvalue weighted by molar-refractivity contribution is -0.148. The maximum atomic E-state index is 12.0. The normalized spacial score (nSPS) is 20.2. The summed E-state index contributed by atoms with van der Waals surface area (Å²) in [5, 5.41) is 10.7. The highest BCUT2D eigenvalue weighted by Crippen LogP contribution is 2.24. The number of nitrogens with zero attached hydrogens (tertiary/aromatic N) is 1. The molecule has 108 valence electrons. The van der Waals surface area contributed by atoms with Crippen molar-refractivity contribution in [3.63, 3.8) is 0 Å². The summed E-state index contributed by atoms with van der Waals surface area (Å²) in [5.74, 6) is -0.867. The van der Waals surface area contributed by atoms with Crippen molar-refractivity contribution >= 4 is 39.4 Å². The predicted molar refractivity (Wildman–Crippen MR) is 80.2 cm³/mol. The second kappa shape index (κ2) is 6.59. The lowest BCUT2D eigenvalue weighted by Gasteiger charge is -2.24. The largest absolute Gasteiger partial charge is 0.480 e. The van der Waals surface area contributed by atoms with E-state index in [1.54, 1.807) is 24.3 Å². The maximum absolute atomic E-state index is 12.0. The molecule has 1 aliphatic heterocycles. The fourth-order valence-electron chi connectivity index (χ4n) is 2.39. The Labute approximate surface area is 130 Å². The van der Waals surface area contributed by atoms with Gasteiger partial charge in [-0.15, -0.1) is 0 Å². The van der Waals surface area contributed by atoms with Crippen molar-refractivity contribution in [3.05, 3.63) is 34.9 Å². The van der Waals surface area contributed by atoms with Gasteiger partial charge in [-0.3, -0.25) is 4.79 Å². The van der Waals surface area contributed by atoms with Gasteiger partial charge in [-0.2, -0.15) is 0 Å². The van der Waals surface area contributed by atoms with Gasteiger partial charge in [0, 0.05) is 29.7 Å². The van der Waals surface area contributed by atoms with Crippen molar-refractivity contribution in [3.8, 4) is 0 Å². The van der Waals surface area contributed by atoms with E-state index in [4.69, 9.17) is 11.6 Å². The Hall–Kier alpha value is -1.07. The van der Waals surface area contributed by atoms with Crippen LogP contribution in [0.5, 0.6) is 0 Å². The summed E-state index contributed by atoms with van der Waals surface area (Å²) in [6, 6.07) is 6.22. The van der Waals surface area contributed by atoms with E-state index in [0.717, 1.165) is 5.56 Å². The zero-order valence-electron chi connectivity index (χ0n) is 10.8. The van der Waals surface area contributed by atoms with Gasteiger partial charge in [0.05, 0.1) is 0 Å². The van der Waals surface area contributed by atoms with E-state index in [1.807, 2.05) is 0 Å². The van der Waals surface area contributed by atoms with Gasteiger partial charge in [0.15, 0.2) is 0 Å². The number of benzene rings is 1. The number of amides is 1. The van der Waals surface area contributed by atoms with E-state index in [9.17, 15) is 14.7 Å². The van der Waals surface area contributed by atoms with Gasteiger partial charge in [-0.25, -0.2) is 4.79 Å². The minimum Gasteiger partial charge on any atom is -0.480 e. The Balaban J connectivity index is 2.13. The number of likely N-dealkylation sites (tertiary alicyclic amines) is 1. The van der Waals surface area contributed by atoms with Gasteiger partial charge < -0.3 is 10.0 Å². The van der Waals surface area contributed by atoms with Crippen LogP contribution in [-0.4, -0.2) is 39.8 Å². The molecule has 1 aromatic rings. The van der Waals surface area contributed by atoms with Gasteiger partial charge in [0.2, 0.25) is 5.91 Å². The van der Waals surface area contributed by atoms with Crippen molar-refractivity contribution in [2.24, 2.45) is 5.92 Å². The fraction of sp³-hybridized carbons (Fsp3) is 0.429. The second-order valence-corrected chi connectivity index (χ2v) is 6.04. The highest BCUT2D eigenvalue weighted by molar-refractivity contribution is 9.09. The molecule has 1 fully saturated rings. The molecule has 1 aliphatic rings. The average molecular weight is 361 g/mol. The minimum absolute atomic E-state index is 0.0872. The Morgan fingerprint density at radius 2 is 2.10 bits per heavy atom. The van der Waals surface area contributed by atoms with Gasteiger partial charge in [-0.1, -0.05) is 39.7 Å². The Bertz CT molecular complexity index is 506.